The molecular weight excluding hydrogens is 330 g/mol. The summed E-state index contributed by atoms with van der Waals surface area (Å²) in [7, 11) is 0. The highest BCUT2D eigenvalue weighted by Gasteiger charge is 2.33. The van der Waals surface area contributed by atoms with Crippen molar-refractivity contribution < 1.29 is 14.1 Å². The Labute approximate surface area is 153 Å². The van der Waals surface area contributed by atoms with Crippen molar-refractivity contribution >= 4 is 5.91 Å². The Kier molecular flexibility index (Phi) is 4.76. The number of nitrogens with zero attached hydrogens (tertiary/aromatic N) is 3. The van der Waals surface area contributed by atoms with E-state index in [1.165, 1.54) is 6.42 Å². The second kappa shape index (κ2) is 7.19. The lowest BCUT2D eigenvalue weighted by Crippen LogP contribution is -2.46. The average molecular weight is 355 g/mol. The molecule has 1 amide bonds. The van der Waals surface area contributed by atoms with Crippen molar-refractivity contribution in [3.05, 3.63) is 35.3 Å². The lowest BCUT2D eigenvalue weighted by molar-refractivity contribution is -0.146. The Bertz CT molecular complexity index is 797. The maximum Gasteiger partial charge on any atom is 0.225 e. The van der Waals surface area contributed by atoms with E-state index in [4.69, 9.17) is 14.2 Å². The highest BCUT2D eigenvalue weighted by molar-refractivity contribution is 5.79. The topological polar surface area (TPSA) is 68.5 Å². The van der Waals surface area contributed by atoms with E-state index in [0.717, 1.165) is 47.7 Å². The van der Waals surface area contributed by atoms with Crippen LogP contribution in [0.3, 0.4) is 0 Å². The minimum Gasteiger partial charge on any atom is -0.368 e. The quantitative estimate of drug-likeness (QED) is 0.842. The molecule has 0 radical (unpaired) electrons. The number of aryl methyl sites for hydroxylation is 2. The third-order valence-electron chi connectivity index (χ3n) is 5.44. The van der Waals surface area contributed by atoms with Gasteiger partial charge in [-0.25, -0.2) is 4.98 Å². The first-order valence-corrected chi connectivity index (χ1v) is 9.50. The second-order valence-corrected chi connectivity index (χ2v) is 7.14. The lowest BCUT2D eigenvalue weighted by Gasteiger charge is -2.37. The third kappa shape index (κ3) is 3.14. The summed E-state index contributed by atoms with van der Waals surface area (Å²) in [5.41, 5.74) is 3.52. The summed E-state index contributed by atoms with van der Waals surface area (Å²) in [5, 5.41) is 4.08. The van der Waals surface area contributed by atoms with E-state index in [9.17, 15) is 4.79 Å². The fourth-order valence-corrected chi connectivity index (χ4v) is 3.70. The Balaban J connectivity index is 1.56. The van der Waals surface area contributed by atoms with Gasteiger partial charge in [0.1, 0.15) is 11.9 Å². The smallest absolute Gasteiger partial charge is 0.225 e. The molecule has 2 aromatic heterocycles. The summed E-state index contributed by atoms with van der Waals surface area (Å²) in [6.45, 7) is 5.79. The SMILES string of the molecule is CCc1onc(C)c1-c1cccc(C2CN(C(=O)C3CCC3)CCO2)n1. The van der Waals surface area contributed by atoms with Gasteiger partial charge in [-0.3, -0.25) is 4.79 Å². The molecule has 1 atom stereocenters. The van der Waals surface area contributed by atoms with Gasteiger partial charge in [0.25, 0.3) is 0 Å². The highest BCUT2D eigenvalue weighted by atomic mass is 16.5. The fourth-order valence-electron chi connectivity index (χ4n) is 3.70. The number of pyridine rings is 1. The van der Waals surface area contributed by atoms with Crippen molar-refractivity contribution in [3.8, 4) is 11.3 Å². The summed E-state index contributed by atoms with van der Waals surface area (Å²) in [5.74, 6) is 1.35. The zero-order valence-electron chi connectivity index (χ0n) is 15.4. The molecule has 6 nitrogen and oxygen atoms in total. The van der Waals surface area contributed by atoms with Gasteiger partial charge < -0.3 is 14.2 Å². The Morgan fingerprint density at radius 1 is 1.35 bits per heavy atom. The van der Waals surface area contributed by atoms with Crippen molar-refractivity contribution in [2.45, 2.75) is 45.6 Å². The van der Waals surface area contributed by atoms with Crippen LogP contribution in [0, 0.1) is 12.8 Å². The molecule has 0 aromatic carbocycles. The summed E-state index contributed by atoms with van der Waals surface area (Å²) in [6.07, 6.45) is 3.82. The number of morpholine rings is 1. The summed E-state index contributed by atoms with van der Waals surface area (Å²) < 4.78 is 11.3. The van der Waals surface area contributed by atoms with Gasteiger partial charge >= 0.3 is 0 Å². The first kappa shape index (κ1) is 17.2. The van der Waals surface area contributed by atoms with Crippen LogP contribution in [0.15, 0.2) is 22.7 Å². The highest BCUT2D eigenvalue weighted by Crippen LogP contribution is 2.32. The molecule has 2 aliphatic rings. The van der Waals surface area contributed by atoms with Gasteiger partial charge in [0.15, 0.2) is 0 Å². The van der Waals surface area contributed by atoms with Crippen molar-refractivity contribution in [1.82, 2.24) is 15.0 Å². The molecule has 1 aliphatic heterocycles. The Hall–Kier alpha value is -2.21. The van der Waals surface area contributed by atoms with Crippen LogP contribution in [0.2, 0.25) is 0 Å². The van der Waals surface area contributed by atoms with Crippen LogP contribution >= 0.6 is 0 Å². The van der Waals surface area contributed by atoms with Gasteiger partial charge in [0.2, 0.25) is 5.91 Å². The first-order chi connectivity index (χ1) is 12.7. The van der Waals surface area contributed by atoms with Crippen LogP contribution in [-0.2, 0) is 16.0 Å². The predicted molar refractivity (Wildman–Crippen MR) is 96.5 cm³/mol. The minimum atomic E-state index is -0.182. The molecule has 1 aliphatic carbocycles. The van der Waals surface area contributed by atoms with Crippen LogP contribution in [0.1, 0.15) is 49.4 Å². The maximum atomic E-state index is 12.6. The molecule has 1 saturated heterocycles. The van der Waals surface area contributed by atoms with Gasteiger partial charge in [0, 0.05) is 18.9 Å². The number of carbonyl (C=O) groups is 1. The summed E-state index contributed by atoms with van der Waals surface area (Å²) >= 11 is 0. The molecule has 6 heteroatoms. The van der Waals surface area contributed by atoms with E-state index >= 15 is 0 Å². The standard InChI is InChI=1S/C20H25N3O3/c1-3-17-19(13(2)22-26-17)16-9-5-8-15(21-16)18-12-23(10-11-25-18)20(24)14-6-4-7-14/h5,8-9,14,18H,3-4,6-7,10-12H2,1-2H3. The molecule has 3 heterocycles. The van der Waals surface area contributed by atoms with Gasteiger partial charge in [-0.2, -0.15) is 0 Å². The number of rotatable bonds is 4. The largest absolute Gasteiger partial charge is 0.368 e. The number of hydrogen-bond donors (Lipinski definition) is 0. The van der Waals surface area contributed by atoms with E-state index in [1.54, 1.807) is 0 Å². The van der Waals surface area contributed by atoms with E-state index < -0.39 is 0 Å². The molecular formula is C20H25N3O3. The number of hydrogen-bond acceptors (Lipinski definition) is 5. The number of ether oxygens (including phenoxy) is 1. The van der Waals surface area contributed by atoms with Crippen LogP contribution in [0.5, 0.6) is 0 Å². The third-order valence-corrected chi connectivity index (χ3v) is 5.44. The first-order valence-electron chi connectivity index (χ1n) is 9.50. The van der Waals surface area contributed by atoms with Crippen molar-refractivity contribution in [1.29, 1.82) is 0 Å². The normalized spacial score (nSPS) is 20.8. The fraction of sp³-hybridized carbons (Fsp3) is 0.550. The number of amides is 1. The van der Waals surface area contributed by atoms with E-state index in [0.29, 0.717) is 19.7 Å². The maximum absolute atomic E-state index is 12.6. The van der Waals surface area contributed by atoms with E-state index in [1.807, 2.05) is 36.9 Å². The van der Waals surface area contributed by atoms with Crippen molar-refractivity contribution in [2.24, 2.45) is 5.92 Å². The number of aromatic nitrogens is 2. The van der Waals surface area contributed by atoms with E-state index in [2.05, 4.69) is 5.16 Å². The molecule has 0 N–H and O–H groups in total. The van der Waals surface area contributed by atoms with Gasteiger partial charge in [-0.1, -0.05) is 24.6 Å². The summed E-state index contributed by atoms with van der Waals surface area (Å²) in [6, 6.07) is 5.93. The summed E-state index contributed by atoms with van der Waals surface area (Å²) in [4.78, 5) is 19.3. The van der Waals surface area contributed by atoms with Crippen LogP contribution in [0.25, 0.3) is 11.3 Å². The Morgan fingerprint density at radius 2 is 2.19 bits per heavy atom. The van der Waals surface area contributed by atoms with Crippen LogP contribution in [0.4, 0.5) is 0 Å². The number of carbonyl (C=O) groups excluding carboxylic acids is 1. The molecule has 4 rings (SSSR count). The minimum absolute atomic E-state index is 0.182. The van der Waals surface area contributed by atoms with Crippen LogP contribution < -0.4 is 0 Å². The zero-order chi connectivity index (χ0) is 18.1. The van der Waals surface area contributed by atoms with Gasteiger partial charge in [-0.05, 0) is 31.9 Å². The molecule has 138 valence electrons. The van der Waals surface area contributed by atoms with Crippen molar-refractivity contribution in [2.75, 3.05) is 19.7 Å². The molecule has 26 heavy (non-hydrogen) atoms. The van der Waals surface area contributed by atoms with Gasteiger partial charge in [-0.15, -0.1) is 0 Å². The average Bonchev–Trinajstić information content (AvgIpc) is 3.01. The zero-order valence-corrected chi connectivity index (χ0v) is 15.4. The van der Waals surface area contributed by atoms with Crippen molar-refractivity contribution in [3.63, 3.8) is 0 Å². The second-order valence-electron chi connectivity index (χ2n) is 7.14. The Morgan fingerprint density at radius 3 is 2.92 bits per heavy atom. The molecule has 1 saturated carbocycles. The molecule has 0 spiro atoms. The monoisotopic (exact) mass is 355 g/mol. The van der Waals surface area contributed by atoms with E-state index in [-0.39, 0.29) is 17.9 Å². The molecule has 1 unspecified atom stereocenters. The van der Waals surface area contributed by atoms with Crippen LogP contribution in [-0.4, -0.2) is 40.6 Å². The predicted octanol–water partition coefficient (Wildman–Crippen LogP) is 3.31. The lowest BCUT2D eigenvalue weighted by atomic mass is 9.84. The molecule has 2 aromatic rings. The van der Waals surface area contributed by atoms with Gasteiger partial charge in [0.05, 0.1) is 35.8 Å². The molecule has 0 bridgehead atoms. The molecule has 2 fully saturated rings.